The average molecular weight is 741 g/mol. The maximum Gasteiger partial charge on any atom is 0.238 e. The average Bonchev–Trinajstić information content (AvgIpc) is 3.84. The molecule has 0 aliphatic rings. The van der Waals surface area contributed by atoms with Crippen molar-refractivity contribution >= 4 is 65.3 Å². The van der Waals surface area contributed by atoms with Crippen molar-refractivity contribution in [2.24, 2.45) is 0 Å². The van der Waals surface area contributed by atoms with Crippen LogP contribution >= 0.6 is 0 Å². The second-order valence-corrected chi connectivity index (χ2v) is 14.8. The Labute approximate surface area is 333 Å². The highest BCUT2D eigenvalue weighted by molar-refractivity contribution is 6.14. The first-order chi connectivity index (χ1) is 28.8. The number of benzene rings is 9. The first-order valence-electron chi connectivity index (χ1n) is 19.5. The summed E-state index contributed by atoms with van der Waals surface area (Å²) in [7, 11) is 0. The fraction of sp³-hybridized carbons (Fsp3) is 0. The van der Waals surface area contributed by atoms with Crippen LogP contribution in [0.25, 0.3) is 116 Å². The highest BCUT2D eigenvalue weighted by Crippen LogP contribution is 2.42. The van der Waals surface area contributed by atoms with Gasteiger partial charge in [0.25, 0.3) is 0 Å². The SMILES string of the molecule is c1ccc(-c2cccc3c2oc2c(-c4ccc5c6ccccc6n(-c6nc(-c7cccc8ccccc78)nc(-c7cccc8ccccc78)n6)c5c4)cccc23)cc1. The van der Waals surface area contributed by atoms with Crippen molar-refractivity contribution in [2.45, 2.75) is 0 Å². The molecule has 0 spiro atoms. The highest BCUT2D eigenvalue weighted by Gasteiger charge is 2.21. The smallest absolute Gasteiger partial charge is 0.238 e. The van der Waals surface area contributed by atoms with Gasteiger partial charge in [-0.25, -0.2) is 4.98 Å². The molecule has 0 saturated heterocycles. The Kier molecular flexibility index (Phi) is 7.16. The molecule has 0 bridgehead atoms. The van der Waals surface area contributed by atoms with E-state index in [-0.39, 0.29) is 0 Å². The number of hydrogen-bond donors (Lipinski definition) is 0. The molecule has 5 nitrogen and oxygen atoms in total. The van der Waals surface area contributed by atoms with Gasteiger partial charge in [-0.3, -0.25) is 4.57 Å². The molecular weight excluding hydrogens is 709 g/mol. The number of aromatic nitrogens is 4. The second-order valence-electron chi connectivity index (χ2n) is 14.8. The lowest BCUT2D eigenvalue weighted by atomic mass is 9.99. The molecule has 0 aliphatic heterocycles. The Morgan fingerprint density at radius 2 is 0.810 bits per heavy atom. The normalized spacial score (nSPS) is 11.8. The van der Waals surface area contributed by atoms with Crippen molar-refractivity contribution in [3.8, 4) is 51.0 Å². The summed E-state index contributed by atoms with van der Waals surface area (Å²) in [6, 6.07) is 67.9. The van der Waals surface area contributed by atoms with Crippen LogP contribution in [-0.2, 0) is 0 Å². The lowest BCUT2D eigenvalue weighted by Crippen LogP contribution is -2.06. The number of para-hydroxylation sites is 3. The molecule has 0 aliphatic carbocycles. The largest absolute Gasteiger partial charge is 0.455 e. The highest BCUT2D eigenvalue weighted by atomic mass is 16.3. The molecule has 3 heterocycles. The second kappa shape index (κ2) is 12.8. The van der Waals surface area contributed by atoms with Gasteiger partial charge in [0.15, 0.2) is 11.6 Å². The quantitative estimate of drug-likeness (QED) is 0.176. The van der Waals surface area contributed by atoms with Crippen LogP contribution in [0.4, 0.5) is 0 Å². The van der Waals surface area contributed by atoms with Crippen molar-refractivity contribution in [1.29, 1.82) is 0 Å². The predicted octanol–water partition coefficient (Wildman–Crippen LogP) is 13.8. The zero-order chi connectivity index (χ0) is 38.2. The van der Waals surface area contributed by atoms with E-state index in [1.165, 1.54) is 0 Å². The first-order valence-corrected chi connectivity index (χ1v) is 19.5. The minimum atomic E-state index is 0.554. The Morgan fingerprint density at radius 3 is 1.47 bits per heavy atom. The van der Waals surface area contributed by atoms with Crippen molar-refractivity contribution in [3.05, 3.63) is 194 Å². The van der Waals surface area contributed by atoms with Crippen molar-refractivity contribution in [1.82, 2.24) is 19.5 Å². The van der Waals surface area contributed by atoms with E-state index in [2.05, 4.69) is 193 Å². The molecule has 0 saturated carbocycles. The summed E-state index contributed by atoms with van der Waals surface area (Å²) in [6.07, 6.45) is 0. The summed E-state index contributed by atoms with van der Waals surface area (Å²) in [5.74, 6) is 1.79. The molecule has 12 aromatic rings. The van der Waals surface area contributed by atoms with Gasteiger partial charge in [-0.2, -0.15) is 9.97 Å². The monoisotopic (exact) mass is 740 g/mol. The summed E-state index contributed by atoms with van der Waals surface area (Å²) < 4.78 is 9.07. The van der Waals surface area contributed by atoms with E-state index >= 15 is 0 Å². The third kappa shape index (κ3) is 5.00. The van der Waals surface area contributed by atoms with E-state index in [4.69, 9.17) is 19.4 Å². The van der Waals surface area contributed by atoms with Gasteiger partial charge in [0.2, 0.25) is 5.95 Å². The molecular formula is C53H32N4O. The van der Waals surface area contributed by atoms with Crippen LogP contribution in [0.15, 0.2) is 199 Å². The van der Waals surface area contributed by atoms with E-state index in [9.17, 15) is 0 Å². The predicted molar refractivity (Wildman–Crippen MR) is 238 cm³/mol. The summed E-state index contributed by atoms with van der Waals surface area (Å²) >= 11 is 0. The number of hydrogen-bond acceptors (Lipinski definition) is 4. The lowest BCUT2D eigenvalue weighted by Gasteiger charge is -2.13. The van der Waals surface area contributed by atoms with Gasteiger partial charge in [-0.15, -0.1) is 0 Å². The molecule has 3 aromatic heterocycles. The number of fused-ring (bicyclic) bond motifs is 8. The van der Waals surface area contributed by atoms with Crippen LogP contribution in [0.5, 0.6) is 0 Å². The van der Waals surface area contributed by atoms with Gasteiger partial charge in [0.1, 0.15) is 11.2 Å². The number of rotatable bonds is 5. The molecule has 5 heteroatoms. The van der Waals surface area contributed by atoms with E-state index in [0.717, 1.165) is 98.7 Å². The summed E-state index contributed by atoms with van der Waals surface area (Å²) in [6.45, 7) is 0. The minimum absolute atomic E-state index is 0.554. The lowest BCUT2D eigenvalue weighted by molar-refractivity contribution is 0.671. The molecule has 0 unspecified atom stereocenters. The first kappa shape index (κ1) is 32.4. The topological polar surface area (TPSA) is 56.7 Å². The fourth-order valence-corrected chi connectivity index (χ4v) is 8.79. The Hall–Kier alpha value is -7.89. The van der Waals surface area contributed by atoms with Crippen LogP contribution in [0.3, 0.4) is 0 Å². The zero-order valence-electron chi connectivity index (χ0n) is 31.2. The molecule has 0 amide bonds. The Morgan fingerprint density at radius 1 is 0.328 bits per heavy atom. The maximum atomic E-state index is 6.87. The minimum Gasteiger partial charge on any atom is -0.455 e. The van der Waals surface area contributed by atoms with Crippen LogP contribution in [0.1, 0.15) is 0 Å². The summed E-state index contributed by atoms with van der Waals surface area (Å²) in [5.41, 5.74) is 9.94. The van der Waals surface area contributed by atoms with Crippen LogP contribution < -0.4 is 0 Å². The molecule has 12 rings (SSSR count). The third-order valence-corrected chi connectivity index (χ3v) is 11.5. The van der Waals surface area contributed by atoms with E-state index in [1.54, 1.807) is 0 Å². The van der Waals surface area contributed by atoms with Gasteiger partial charge in [0.05, 0.1) is 11.0 Å². The third-order valence-electron chi connectivity index (χ3n) is 11.5. The number of furan rings is 1. The van der Waals surface area contributed by atoms with Crippen LogP contribution in [0, 0.1) is 0 Å². The molecule has 0 N–H and O–H groups in total. The van der Waals surface area contributed by atoms with Crippen LogP contribution in [-0.4, -0.2) is 19.5 Å². The standard InChI is InChI=1S/C53H32N4O/c1-2-14-35(15-3-1)39-23-12-25-43-44-26-13-24-40(50(44)58-49(39)43)36-30-31-42-41-22-8-9-29-47(41)57(48(42)32-36)53-55-51(45-27-10-18-33-16-4-6-20-37(33)45)54-52(56-53)46-28-11-19-34-17-5-7-21-38(34)46/h1-32H. The van der Waals surface area contributed by atoms with Crippen molar-refractivity contribution in [2.75, 3.05) is 0 Å². The van der Waals surface area contributed by atoms with Gasteiger partial charge in [-0.1, -0.05) is 182 Å². The molecule has 9 aromatic carbocycles. The van der Waals surface area contributed by atoms with E-state index in [1.807, 2.05) is 6.07 Å². The zero-order valence-corrected chi connectivity index (χ0v) is 31.2. The molecule has 270 valence electrons. The number of nitrogens with zero attached hydrogens (tertiary/aromatic N) is 4. The summed E-state index contributed by atoms with van der Waals surface area (Å²) in [4.78, 5) is 15.9. The van der Waals surface area contributed by atoms with Crippen molar-refractivity contribution in [3.63, 3.8) is 0 Å². The Balaban J connectivity index is 1.12. The van der Waals surface area contributed by atoms with Crippen LogP contribution in [0.2, 0.25) is 0 Å². The van der Waals surface area contributed by atoms with Gasteiger partial charge >= 0.3 is 0 Å². The van der Waals surface area contributed by atoms with E-state index in [0.29, 0.717) is 17.6 Å². The van der Waals surface area contributed by atoms with Gasteiger partial charge in [-0.05, 0) is 44.8 Å². The van der Waals surface area contributed by atoms with Gasteiger partial charge in [0, 0.05) is 43.8 Å². The summed E-state index contributed by atoms with van der Waals surface area (Å²) in [5, 5.41) is 8.86. The molecule has 0 radical (unpaired) electrons. The molecule has 0 fully saturated rings. The van der Waals surface area contributed by atoms with E-state index < -0.39 is 0 Å². The fourth-order valence-electron chi connectivity index (χ4n) is 8.79. The Bertz CT molecular complexity index is 3470. The van der Waals surface area contributed by atoms with Gasteiger partial charge < -0.3 is 4.42 Å². The maximum absolute atomic E-state index is 6.87. The van der Waals surface area contributed by atoms with Crippen molar-refractivity contribution < 1.29 is 4.42 Å². The molecule has 58 heavy (non-hydrogen) atoms. The molecule has 0 atom stereocenters.